The minimum atomic E-state index is 0.136. The number of nitrogens with two attached hydrogens (primary N) is 1. The molecule has 3 heteroatoms. The lowest BCUT2D eigenvalue weighted by atomic mass is 10.1. The molecule has 0 aliphatic rings. The smallest absolute Gasteiger partial charge is 0.151 e. The number of hydrogen-bond acceptors (Lipinski definition) is 2. The second-order valence-electron chi connectivity index (χ2n) is 2.62. The van der Waals surface area contributed by atoms with E-state index in [0.29, 0.717) is 5.75 Å². The maximum Gasteiger partial charge on any atom is 0.151 e. The summed E-state index contributed by atoms with van der Waals surface area (Å²) in [6, 6.07) is 9.92. The molecule has 13 heavy (non-hydrogen) atoms. The average molecular weight is 192 g/mol. The molecule has 0 aliphatic heterocycles. The zero-order chi connectivity index (χ0) is 9.68. The molecule has 0 aromatic heterocycles. The van der Waals surface area contributed by atoms with Crippen molar-refractivity contribution < 1.29 is 0 Å². The Balaban J connectivity index is 2.54. The second kappa shape index (κ2) is 4.72. The highest BCUT2D eigenvalue weighted by molar-refractivity contribution is 8.14. The molecule has 3 N–H and O–H groups in total. The molecule has 0 heterocycles. The van der Waals surface area contributed by atoms with Crippen LogP contribution in [-0.4, -0.2) is 10.9 Å². The van der Waals surface area contributed by atoms with Crippen LogP contribution in [0.3, 0.4) is 0 Å². The summed E-state index contributed by atoms with van der Waals surface area (Å²) in [5, 5.41) is 7.19. The Kier molecular flexibility index (Phi) is 3.58. The number of amidine groups is 1. The summed E-state index contributed by atoms with van der Waals surface area (Å²) in [7, 11) is 0. The largest absolute Gasteiger partial charge is 0.379 e. The lowest BCUT2D eigenvalue weighted by Gasteiger charge is -2.03. The number of nitrogens with one attached hydrogen (secondary N) is 1. The molecule has 0 bridgehead atoms. The quantitative estimate of drug-likeness (QED) is 0.570. The fourth-order valence-corrected chi connectivity index (χ4v) is 1.42. The van der Waals surface area contributed by atoms with Crippen LogP contribution in [0, 0.1) is 5.41 Å². The first kappa shape index (κ1) is 9.86. The third-order valence-electron chi connectivity index (χ3n) is 1.58. The van der Waals surface area contributed by atoms with Gasteiger partial charge in [-0.15, -0.1) is 0 Å². The number of benzene rings is 1. The van der Waals surface area contributed by atoms with E-state index in [0.717, 1.165) is 11.1 Å². The van der Waals surface area contributed by atoms with Gasteiger partial charge in [0.05, 0.1) is 0 Å². The summed E-state index contributed by atoms with van der Waals surface area (Å²) in [6.07, 6.45) is 0. The van der Waals surface area contributed by atoms with Crippen LogP contribution in [0.2, 0.25) is 0 Å². The number of hydrogen-bond donors (Lipinski definition) is 2. The van der Waals surface area contributed by atoms with Crippen molar-refractivity contribution >= 4 is 22.5 Å². The lowest BCUT2D eigenvalue weighted by Crippen LogP contribution is -2.04. The monoisotopic (exact) mass is 192 g/mol. The summed E-state index contributed by atoms with van der Waals surface area (Å²) >= 11 is 1.30. The van der Waals surface area contributed by atoms with Crippen LogP contribution in [-0.2, 0) is 0 Å². The van der Waals surface area contributed by atoms with Crippen molar-refractivity contribution in [2.24, 2.45) is 5.73 Å². The highest BCUT2D eigenvalue weighted by Crippen LogP contribution is 2.16. The molecule has 0 saturated heterocycles. The van der Waals surface area contributed by atoms with E-state index >= 15 is 0 Å². The molecule has 1 aromatic carbocycles. The fraction of sp³-hybridized carbons (Fsp3) is 0.100. The van der Waals surface area contributed by atoms with E-state index in [1.807, 2.05) is 30.3 Å². The van der Waals surface area contributed by atoms with Crippen molar-refractivity contribution in [3.63, 3.8) is 0 Å². The molecule has 0 aliphatic carbocycles. The van der Waals surface area contributed by atoms with E-state index in [1.165, 1.54) is 11.8 Å². The van der Waals surface area contributed by atoms with Gasteiger partial charge in [-0.3, -0.25) is 5.41 Å². The maximum atomic E-state index is 7.05. The SMILES string of the molecule is C=C(CSC(=N)N)c1ccccc1. The Morgan fingerprint density at radius 1 is 1.38 bits per heavy atom. The molecule has 0 saturated carbocycles. The van der Waals surface area contributed by atoms with E-state index in [1.54, 1.807) is 0 Å². The van der Waals surface area contributed by atoms with Crippen LogP contribution in [0.1, 0.15) is 5.56 Å². The van der Waals surface area contributed by atoms with E-state index < -0.39 is 0 Å². The van der Waals surface area contributed by atoms with Crippen LogP contribution in [0.4, 0.5) is 0 Å². The van der Waals surface area contributed by atoms with Crippen molar-refractivity contribution in [2.75, 3.05) is 5.75 Å². The Morgan fingerprint density at radius 2 is 2.00 bits per heavy atom. The van der Waals surface area contributed by atoms with Crippen molar-refractivity contribution in [3.05, 3.63) is 42.5 Å². The minimum Gasteiger partial charge on any atom is -0.379 e. The normalized spacial score (nSPS) is 9.54. The van der Waals surface area contributed by atoms with Gasteiger partial charge in [0.15, 0.2) is 5.17 Å². The van der Waals surface area contributed by atoms with E-state index in [9.17, 15) is 0 Å². The molecule has 0 amide bonds. The average Bonchev–Trinajstić information content (AvgIpc) is 2.15. The third-order valence-corrected chi connectivity index (χ3v) is 2.39. The van der Waals surface area contributed by atoms with Gasteiger partial charge >= 0.3 is 0 Å². The first-order valence-electron chi connectivity index (χ1n) is 3.90. The zero-order valence-corrected chi connectivity index (χ0v) is 8.10. The molecule has 0 spiro atoms. The number of rotatable bonds is 3. The van der Waals surface area contributed by atoms with Gasteiger partial charge in [-0.25, -0.2) is 0 Å². The molecule has 0 fully saturated rings. The van der Waals surface area contributed by atoms with Gasteiger partial charge in [0.25, 0.3) is 0 Å². The molecule has 1 aromatic rings. The topological polar surface area (TPSA) is 49.9 Å². The summed E-state index contributed by atoms with van der Waals surface area (Å²) in [6.45, 7) is 3.92. The zero-order valence-electron chi connectivity index (χ0n) is 7.29. The molecule has 2 nitrogen and oxygen atoms in total. The predicted octanol–water partition coefficient (Wildman–Crippen LogP) is 2.33. The fourth-order valence-electron chi connectivity index (χ4n) is 0.922. The second-order valence-corrected chi connectivity index (χ2v) is 3.64. The first-order valence-corrected chi connectivity index (χ1v) is 4.88. The van der Waals surface area contributed by atoms with Gasteiger partial charge in [0.2, 0.25) is 0 Å². The van der Waals surface area contributed by atoms with Gasteiger partial charge in [0, 0.05) is 5.75 Å². The van der Waals surface area contributed by atoms with Gasteiger partial charge in [-0.05, 0) is 11.1 Å². The lowest BCUT2D eigenvalue weighted by molar-refractivity contribution is 1.50. The van der Waals surface area contributed by atoms with Crippen molar-refractivity contribution in [1.29, 1.82) is 5.41 Å². The highest BCUT2D eigenvalue weighted by Gasteiger charge is 1.98. The molecule has 68 valence electrons. The molecular weight excluding hydrogens is 180 g/mol. The molecular formula is C10H12N2S. The molecule has 0 unspecified atom stereocenters. The Bertz CT molecular complexity index is 306. The Hall–Kier alpha value is -1.22. The van der Waals surface area contributed by atoms with Crippen molar-refractivity contribution in [2.45, 2.75) is 0 Å². The van der Waals surface area contributed by atoms with Gasteiger partial charge in [-0.2, -0.15) is 0 Å². The summed E-state index contributed by atoms with van der Waals surface area (Å²) in [5.41, 5.74) is 7.33. The standard InChI is InChI=1S/C10H12N2S/c1-8(7-13-10(11)12)9-5-3-2-4-6-9/h2-6H,1,7H2,(H3,11,12). The summed E-state index contributed by atoms with van der Waals surface area (Å²) in [5.74, 6) is 0.680. The van der Waals surface area contributed by atoms with Gasteiger partial charge in [0.1, 0.15) is 0 Å². The van der Waals surface area contributed by atoms with Crippen LogP contribution in [0.25, 0.3) is 5.57 Å². The van der Waals surface area contributed by atoms with E-state index in [4.69, 9.17) is 11.1 Å². The summed E-state index contributed by atoms with van der Waals surface area (Å²) in [4.78, 5) is 0. The van der Waals surface area contributed by atoms with E-state index in [2.05, 4.69) is 6.58 Å². The Labute approximate surface area is 82.3 Å². The van der Waals surface area contributed by atoms with E-state index in [-0.39, 0.29) is 5.17 Å². The molecule has 0 atom stereocenters. The molecule has 0 radical (unpaired) electrons. The Morgan fingerprint density at radius 3 is 2.54 bits per heavy atom. The van der Waals surface area contributed by atoms with Crippen molar-refractivity contribution in [3.8, 4) is 0 Å². The van der Waals surface area contributed by atoms with Gasteiger partial charge in [-0.1, -0.05) is 48.7 Å². The van der Waals surface area contributed by atoms with Crippen LogP contribution in [0.5, 0.6) is 0 Å². The van der Waals surface area contributed by atoms with Crippen LogP contribution < -0.4 is 5.73 Å². The molecule has 1 rings (SSSR count). The third kappa shape index (κ3) is 3.34. The van der Waals surface area contributed by atoms with Crippen LogP contribution in [0.15, 0.2) is 36.9 Å². The number of thioether (sulfide) groups is 1. The van der Waals surface area contributed by atoms with Crippen LogP contribution >= 0.6 is 11.8 Å². The van der Waals surface area contributed by atoms with Crippen molar-refractivity contribution in [1.82, 2.24) is 0 Å². The predicted molar refractivity (Wildman–Crippen MR) is 59.8 cm³/mol. The van der Waals surface area contributed by atoms with Gasteiger partial charge < -0.3 is 5.73 Å². The first-order chi connectivity index (χ1) is 6.20. The maximum absolute atomic E-state index is 7.05. The highest BCUT2D eigenvalue weighted by atomic mass is 32.2. The minimum absolute atomic E-state index is 0.136. The summed E-state index contributed by atoms with van der Waals surface area (Å²) < 4.78 is 0.